The number of fused-ring (bicyclic) bond motifs is 2. The lowest BCUT2D eigenvalue weighted by Crippen LogP contribution is -2.54. The molecule has 6 nitrogen and oxygen atoms in total. The number of hydrogen-bond donors (Lipinski definition) is 3. The number of carbonyl (C=O) groups is 2. The fraction of sp³-hybridized carbons (Fsp3) is 0.857. The summed E-state index contributed by atoms with van der Waals surface area (Å²) in [6, 6.07) is -0.335. The van der Waals surface area contributed by atoms with Crippen LogP contribution in [0.2, 0.25) is 0 Å². The molecule has 2 aliphatic heterocycles. The van der Waals surface area contributed by atoms with E-state index in [4.69, 9.17) is 5.11 Å². The standard InChI is InChI=1S/C14H24N2O4/c1-8(2)12(7-13(18)19)15-14(20)16-9-3-4-10(16)6-11(17)5-9/h8-12,17H,3-7H2,1-2H3,(H,15,20)(H,18,19). The summed E-state index contributed by atoms with van der Waals surface area (Å²) < 4.78 is 0. The minimum Gasteiger partial charge on any atom is -0.481 e. The van der Waals surface area contributed by atoms with Crippen molar-refractivity contribution in [3.05, 3.63) is 0 Å². The number of piperidine rings is 1. The normalized spacial score (nSPS) is 30.4. The van der Waals surface area contributed by atoms with Crippen molar-refractivity contribution in [3.63, 3.8) is 0 Å². The molecule has 3 N–H and O–H groups in total. The molecule has 0 aromatic rings. The molecule has 114 valence electrons. The van der Waals surface area contributed by atoms with Gasteiger partial charge in [-0.15, -0.1) is 0 Å². The molecule has 2 fully saturated rings. The maximum Gasteiger partial charge on any atom is 0.318 e. The molecule has 0 aromatic heterocycles. The lowest BCUT2D eigenvalue weighted by Gasteiger charge is -2.38. The molecule has 0 saturated carbocycles. The molecule has 0 spiro atoms. The first kappa shape index (κ1) is 15.1. The number of urea groups is 1. The van der Waals surface area contributed by atoms with Gasteiger partial charge in [0, 0.05) is 18.1 Å². The van der Waals surface area contributed by atoms with Crippen molar-refractivity contribution in [2.75, 3.05) is 0 Å². The zero-order chi connectivity index (χ0) is 14.9. The second kappa shape index (κ2) is 5.99. The first-order chi connectivity index (χ1) is 9.38. The number of aliphatic hydroxyl groups is 1. The van der Waals surface area contributed by atoms with Crippen molar-refractivity contribution >= 4 is 12.0 Å². The molecule has 3 unspecified atom stereocenters. The largest absolute Gasteiger partial charge is 0.481 e. The molecule has 2 bridgehead atoms. The number of aliphatic carboxylic acids is 1. The summed E-state index contributed by atoms with van der Waals surface area (Å²) in [7, 11) is 0. The summed E-state index contributed by atoms with van der Waals surface area (Å²) in [4.78, 5) is 25.1. The summed E-state index contributed by atoms with van der Waals surface area (Å²) in [6.45, 7) is 3.81. The molecule has 2 rings (SSSR count). The number of nitrogens with zero attached hydrogens (tertiary/aromatic N) is 1. The number of carbonyl (C=O) groups excluding carboxylic acids is 1. The van der Waals surface area contributed by atoms with Gasteiger partial charge in [0.25, 0.3) is 0 Å². The van der Waals surface area contributed by atoms with E-state index < -0.39 is 5.97 Å². The van der Waals surface area contributed by atoms with Crippen LogP contribution < -0.4 is 5.32 Å². The van der Waals surface area contributed by atoms with Crippen molar-refractivity contribution in [1.82, 2.24) is 10.2 Å². The second-order valence-corrected chi connectivity index (χ2v) is 6.32. The topological polar surface area (TPSA) is 89.9 Å². The molecule has 3 atom stereocenters. The smallest absolute Gasteiger partial charge is 0.318 e. The Kier molecular flexibility index (Phi) is 4.52. The fourth-order valence-corrected chi connectivity index (χ4v) is 3.35. The van der Waals surface area contributed by atoms with Gasteiger partial charge < -0.3 is 20.4 Å². The van der Waals surface area contributed by atoms with Crippen LogP contribution >= 0.6 is 0 Å². The molecule has 0 aliphatic carbocycles. The minimum atomic E-state index is -0.902. The molecule has 20 heavy (non-hydrogen) atoms. The minimum absolute atomic E-state index is 0.0603. The van der Waals surface area contributed by atoms with Gasteiger partial charge in [0.15, 0.2) is 0 Å². The number of rotatable bonds is 4. The highest BCUT2D eigenvalue weighted by Crippen LogP contribution is 2.35. The number of nitrogens with one attached hydrogen (secondary N) is 1. The SMILES string of the molecule is CC(C)C(CC(=O)O)NC(=O)N1C2CCC1CC(O)C2. The van der Waals surface area contributed by atoms with E-state index in [9.17, 15) is 14.7 Å². The predicted molar refractivity (Wildman–Crippen MR) is 73.3 cm³/mol. The van der Waals surface area contributed by atoms with Crippen LogP contribution in [-0.4, -0.2) is 51.3 Å². The zero-order valence-corrected chi connectivity index (χ0v) is 12.1. The van der Waals surface area contributed by atoms with Crippen molar-refractivity contribution < 1.29 is 19.8 Å². The molecule has 2 aliphatic rings. The highest BCUT2D eigenvalue weighted by Gasteiger charge is 2.43. The predicted octanol–water partition coefficient (Wildman–Crippen LogP) is 1.18. The first-order valence-corrected chi connectivity index (χ1v) is 7.37. The lowest BCUT2D eigenvalue weighted by molar-refractivity contribution is -0.137. The third-order valence-electron chi connectivity index (χ3n) is 4.45. The van der Waals surface area contributed by atoms with Crippen LogP contribution in [0.1, 0.15) is 46.0 Å². The summed E-state index contributed by atoms with van der Waals surface area (Å²) in [5.41, 5.74) is 0. The van der Waals surface area contributed by atoms with Crippen LogP contribution in [0, 0.1) is 5.92 Å². The molecule has 2 amide bonds. The van der Waals surface area contributed by atoms with Gasteiger partial charge in [-0.1, -0.05) is 13.8 Å². The van der Waals surface area contributed by atoms with Crippen LogP contribution in [0.25, 0.3) is 0 Å². The van der Waals surface area contributed by atoms with E-state index in [-0.39, 0.29) is 42.6 Å². The Balaban J connectivity index is 1.99. The number of aliphatic hydroxyl groups excluding tert-OH is 1. The molecular formula is C14H24N2O4. The molecule has 2 heterocycles. The lowest BCUT2D eigenvalue weighted by atomic mass is 9.99. The Labute approximate surface area is 119 Å². The van der Waals surface area contributed by atoms with Gasteiger partial charge in [-0.2, -0.15) is 0 Å². The average molecular weight is 284 g/mol. The van der Waals surface area contributed by atoms with Gasteiger partial charge in [-0.3, -0.25) is 4.79 Å². The quantitative estimate of drug-likeness (QED) is 0.723. The van der Waals surface area contributed by atoms with Crippen molar-refractivity contribution in [3.8, 4) is 0 Å². The fourth-order valence-electron chi connectivity index (χ4n) is 3.35. The molecular weight excluding hydrogens is 260 g/mol. The Morgan fingerprint density at radius 3 is 2.25 bits per heavy atom. The average Bonchev–Trinajstić information content (AvgIpc) is 2.60. The number of hydrogen-bond acceptors (Lipinski definition) is 3. The molecule has 2 saturated heterocycles. The summed E-state index contributed by atoms with van der Waals surface area (Å²) in [5, 5.41) is 21.5. The van der Waals surface area contributed by atoms with Gasteiger partial charge in [0.2, 0.25) is 0 Å². The Morgan fingerprint density at radius 2 is 1.80 bits per heavy atom. The van der Waals surface area contributed by atoms with Crippen LogP contribution in [0.4, 0.5) is 4.79 Å². The van der Waals surface area contributed by atoms with E-state index in [0.717, 1.165) is 12.8 Å². The Hall–Kier alpha value is -1.30. The van der Waals surface area contributed by atoms with Crippen LogP contribution in [0.5, 0.6) is 0 Å². The van der Waals surface area contributed by atoms with Crippen molar-refractivity contribution in [1.29, 1.82) is 0 Å². The van der Waals surface area contributed by atoms with Gasteiger partial charge >= 0.3 is 12.0 Å². The van der Waals surface area contributed by atoms with Gasteiger partial charge in [0.1, 0.15) is 0 Å². The van der Waals surface area contributed by atoms with Gasteiger partial charge in [0.05, 0.1) is 12.5 Å². The van der Waals surface area contributed by atoms with Gasteiger partial charge in [-0.25, -0.2) is 4.79 Å². The molecule has 0 aromatic carbocycles. The summed E-state index contributed by atoms with van der Waals surface area (Å²) in [5.74, 6) is -0.830. The third kappa shape index (κ3) is 3.23. The maximum atomic E-state index is 12.4. The first-order valence-electron chi connectivity index (χ1n) is 7.37. The van der Waals surface area contributed by atoms with E-state index in [1.807, 2.05) is 18.7 Å². The monoisotopic (exact) mass is 284 g/mol. The van der Waals surface area contributed by atoms with E-state index in [1.165, 1.54) is 0 Å². The van der Waals surface area contributed by atoms with E-state index in [0.29, 0.717) is 12.8 Å². The highest BCUT2D eigenvalue weighted by atomic mass is 16.4. The highest BCUT2D eigenvalue weighted by molar-refractivity contribution is 5.77. The summed E-state index contributed by atoms with van der Waals surface area (Å²) in [6.07, 6.45) is 2.76. The Bertz CT molecular complexity index is 371. The third-order valence-corrected chi connectivity index (χ3v) is 4.45. The van der Waals surface area contributed by atoms with Crippen molar-refractivity contribution in [2.45, 2.75) is 70.2 Å². The van der Waals surface area contributed by atoms with E-state index in [2.05, 4.69) is 5.32 Å². The number of carboxylic acid groups (broad SMARTS) is 1. The maximum absolute atomic E-state index is 12.4. The Morgan fingerprint density at radius 1 is 1.25 bits per heavy atom. The zero-order valence-electron chi connectivity index (χ0n) is 12.1. The van der Waals surface area contributed by atoms with Crippen LogP contribution in [-0.2, 0) is 4.79 Å². The summed E-state index contributed by atoms with van der Waals surface area (Å²) >= 11 is 0. The molecule has 6 heteroatoms. The van der Waals surface area contributed by atoms with Crippen molar-refractivity contribution in [2.24, 2.45) is 5.92 Å². The van der Waals surface area contributed by atoms with Gasteiger partial charge in [-0.05, 0) is 31.6 Å². The second-order valence-electron chi connectivity index (χ2n) is 6.32. The van der Waals surface area contributed by atoms with E-state index >= 15 is 0 Å². The number of amides is 2. The van der Waals surface area contributed by atoms with E-state index in [1.54, 1.807) is 0 Å². The van der Waals surface area contributed by atoms with Crippen LogP contribution in [0.15, 0.2) is 0 Å². The molecule has 0 radical (unpaired) electrons. The number of carboxylic acids is 1. The van der Waals surface area contributed by atoms with Crippen LogP contribution in [0.3, 0.4) is 0 Å².